The van der Waals surface area contributed by atoms with Crippen LogP contribution < -0.4 is 11.2 Å². The molecule has 1 aliphatic heterocycles. The predicted molar refractivity (Wildman–Crippen MR) is 77.1 cm³/mol. The highest BCUT2D eigenvalue weighted by Crippen LogP contribution is 2.18. The van der Waals surface area contributed by atoms with Gasteiger partial charge in [0.15, 0.2) is 0 Å². The van der Waals surface area contributed by atoms with Gasteiger partial charge in [0.25, 0.3) is 5.56 Å². The largest absolute Gasteiger partial charge is 0.329 e. The van der Waals surface area contributed by atoms with Crippen LogP contribution in [0.25, 0.3) is 10.2 Å². The quantitative estimate of drug-likeness (QED) is 0.917. The highest BCUT2D eigenvalue weighted by atomic mass is 32.1. The number of aromatic amines is 1. The summed E-state index contributed by atoms with van der Waals surface area (Å²) in [5.74, 6) is 0. The number of rotatable bonds is 3. The van der Waals surface area contributed by atoms with E-state index in [4.69, 9.17) is 0 Å². The molecule has 0 unspecified atom stereocenters. The molecule has 2 aromatic heterocycles. The molecule has 0 saturated carbocycles. The van der Waals surface area contributed by atoms with Crippen LogP contribution in [0.4, 0.5) is 0 Å². The number of likely N-dealkylation sites (tertiary alicyclic amines) is 1. The number of H-pyrrole nitrogens is 1. The van der Waals surface area contributed by atoms with Gasteiger partial charge in [-0.2, -0.15) is 0 Å². The minimum atomic E-state index is -0.293. The molecule has 3 rings (SSSR count). The Morgan fingerprint density at radius 1 is 1.26 bits per heavy atom. The summed E-state index contributed by atoms with van der Waals surface area (Å²) in [7, 11) is 0. The molecule has 1 N–H and O–H groups in total. The maximum atomic E-state index is 12.3. The van der Waals surface area contributed by atoms with Crippen LogP contribution in [0.3, 0.4) is 0 Å². The molecule has 5 nitrogen and oxygen atoms in total. The van der Waals surface area contributed by atoms with Crippen LogP contribution in [0.1, 0.15) is 17.7 Å². The second-order valence-electron chi connectivity index (χ2n) is 5.04. The second kappa shape index (κ2) is 4.94. The fraction of sp³-hybridized carbons (Fsp3) is 0.538. The van der Waals surface area contributed by atoms with E-state index < -0.39 is 0 Å². The lowest BCUT2D eigenvalue weighted by atomic mass is 10.3. The van der Waals surface area contributed by atoms with E-state index in [9.17, 15) is 9.59 Å². The molecule has 0 atom stereocenters. The molecule has 102 valence electrons. The molecule has 0 spiro atoms. The van der Waals surface area contributed by atoms with Gasteiger partial charge in [-0.15, -0.1) is 11.3 Å². The third-order valence-corrected chi connectivity index (χ3v) is 4.60. The zero-order valence-electron chi connectivity index (χ0n) is 10.9. The normalized spacial score (nSPS) is 16.5. The molecule has 0 amide bonds. The zero-order valence-corrected chi connectivity index (χ0v) is 11.8. The minimum Gasteiger partial charge on any atom is -0.302 e. The number of aryl methyl sites for hydroxylation is 1. The molecule has 1 saturated heterocycles. The number of hydrogen-bond donors (Lipinski definition) is 1. The molecule has 0 bridgehead atoms. The van der Waals surface area contributed by atoms with Crippen LogP contribution in [-0.4, -0.2) is 34.1 Å². The van der Waals surface area contributed by atoms with Gasteiger partial charge in [0.05, 0.1) is 5.39 Å². The summed E-state index contributed by atoms with van der Waals surface area (Å²) < 4.78 is 1.33. The number of nitrogens with one attached hydrogen (secondary N) is 1. The Morgan fingerprint density at radius 3 is 2.74 bits per heavy atom. The van der Waals surface area contributed by atoms with E-state index in [1.54, 1.807) is 0 Å². The van der Waals surface area contributed by atoms with E-state index >= 15 is 0 Å². The maximum Gasteiger partial charge on any atom is 0.329 e. The lowest BCUT2D eigenvalue weighted by molar-refractivity contribution is 0.318. The first-order valence-corrected chi connectivity index (χ1v) is 7.42. The van der Waals surface area contributed by atoms with Crippen molar-refractivity contribution in [3.8, 4) is 0 Å². The van der Waals surface area contributed by atoms with E-state index in [1.165, 1.54) is 28.7 Å². The number of nitrogens with zero attached hydrogens (tertiary/aromatic N) is 2. The lowest BCUT2D eigenvalue weighted by Gasteiger charge is -2.14. The van der Waals surface area contributed by atoms with Gasteiger partial charge < -0.3 is 4.90 Å². The average molecular weight is 279 g/mol. The maximum absolute atomic E-state index is 12.3. The molecule has 19 heavy (non-hydrogen) atoms. The van der Waals surface area contributed by atoms with Crippen molar-refractivity contribution in [2.75, 3.05) is 19.6 Å². The Kier molecular flexibility index (Phi) is 3.28. The van der Waals surface area contributed by atoms with Gasteiger partial charge in [0, 0.05) is 18.0 Å². The summed E-state index contributed by atoms with van der Waals surface area (Å²) in [6, 6.07) is 1.85. The second-order valence-corrected chi connectivity index (χ2v) is 6.29. The molecule has 2 aromatic rings. The Hall–Kier alpha value is -1.40. The summed E-state index contributed by atoms with van der Waals surface area (Å²) in [5, 5.41) is 0.628. The van der Waals surface area contributed by atoms with Gasteiger partial charge in [0.1, 0.15) is 4.83 Å². The Morgan fingerprint density at radius 2 is 2.00 bits per heavy atom. The van der Waals surface area contributed by atoms with Crippen molar-refractivity contribution in [2.24, 2.45) is 0 Å². The van der Waals surface area contributed by atoms with Crippen molar-refractivity contribution < 1.29 is 0 Å². The predicted octanol–water partition coefficient (Wildman–Crippen LogP) is 1.16. The molecule has 1 fully saturated rings. The Labute approximate surface area is 114 Å². The minimum absolute atomic E-state index is 0.165. The summed E-state index contributed by atoms with van der Waals surface area (Å²) >= 11 is 1.45. The zero-order chi connectivity index (χ0) is 13.4. The van der Waals surface area contributed by atoms with Crippen LogP contribution in [0.2, 0.25) is 0 Å². The summed E-state index contributed by atoms with van der Waals surface area (Å²) in [5.41, 5.74) is -0.458. The molecule has 3 heterocycles. The van der Waals surface area contributed by atoms with Crippen molar-refractivity contribution >= 4 is 21.6 Å². The van der Waals surface area contributed by atoms with Crippen molar-refractivity contribution in [3.63, 3.8) is 0 Å². The van der Waals surface area contributed by atoms with Gasteiger partial charge >= 0.3 is 5.69 Å². The number of aromatic nitrogens is 2. The fourth-order valence-electron chi connectivity index (χ4n) is 2.62. The van der Waals surface area contributed by atoms with E-state index in [1.807, 2.05) is 13.0 Å². The van der Waals surface area contributed by atoms with Crippen molar-refractivity contribution in [1.29, 1.82) is 0 Å². The molecule has 1 aliphatic rings. The molecule has 0 aromatic carbocycles. The molecular weight excluding hydrogens is 262 g/mol. The monoisotopic (exact) mass is 279 g/mol. The van der Waals surface area contributed by atoms with Crippen LogP contribution in [0.15, 0.2) is 15.7 Å². The molecule has 6 heteroatoms. The van der Waals surface area contributed by atoms with E-state index in [2.05, 4.69) is 9.88 Å². The van der Waals surface area contributed by atoms with E-state index in [0.717, 1.165) is 24.5 Å². The van der Waals surface area contributed by atoms with Crippen molar-refractivity contribution in [1.82, 2.24) is 14.5 Å². The van der Waals surface area contributed by atoms with Crippen molar-refractivity contribution in [3.05, 3.63) is 31.8 Å². The number of hydrogen-bond acceptors (Lipinski definition) is 4. The first-order valence-electron chi connectivity index (χ1n) is 6.61. The molecule has 0 radical (unpaired) electrons. The molecular formula is C13H17N3O2S. The standard InChI is InChI=1S/C13H17N3O2S/c1-9-8-10-11(19-9)14-13(18)16(12(10)17)7-6-15-4-2-3-5-15/h8H,2-7H2,1H3,(H,14,18). The first kappa shape index (κ1) is 12.6. The molecule has 0 aliphatic carbocycles. The third kappa shape index (κ3) is 2.37. The van der Waals surface area contributed by atoms with Gasteiger partial charge in [-0.1, -0.05) is 0 Å². The van der Waals surface area contributed by atoms with Gasteiger partial charge in [-0.25, -0.2) is 4.79 Å². The van der Waals surface area contributed by atoms with Gasteiger partial charge in [-0.05, 0) is 38.9 Å². The average Bonchev–Trinajstić information content (AvgIpc) is 2.98. The van der Waals surface area contributed by atoms with Crippen LogP contribution in [0.5, 0.6) is 0 Å². The SMILES string of the molecule is Cc1cc2c(=O)n(CCN3CCCC3)c(=O)[nH]c2s1. The fourth-order valence-corrected chi connectivity index (χ4v) is 3.51. The van der Waals surface area contributed by atoms with Crippen LogP contribution in [-0.2, 0) is 6.54 Å². The first-order chi connectivity index (χ1) is 9.15. The Balaban J connectivity index is 1.93. The smallest absolute Gasteiger partial charge is 0.302 e. The third-order valence-electron chi connectivity index (χ3n) is 3.63. The van der Waals surface area contributed by atoms with Gasteiger partial charge in [-0.3, -0.25) is 14.3 Å². The summed E-state index contributed by atoms with van der Waals surface area (Å²) in [4.78, 5) is 31.1. The topological polar surface area (TPSA) is 58.1 Å². The van der Waals surface area contributed by atoms with Crippen LogP contribution >= 0.6 is 11.3 Å². The number of thiophene rings is 1. The van der Waals surface area contributed by atoms with Crippen molar-refractivity contribution in [2.45, 2.75) is 26.3 Å². The van der Waals surface area contributed by atoms with Crippen LogP contribution in [0, 0.1) is 6.92 Å². The Bertz CT molecular complexity index is 707. The highest BCUT2D eigenvalue weighted by Gasteiger charge is 2.14. The summed E-state index contributed by atoms with van der Waals surface area (Å²) in [6.45, 7) is 5.34. The summed E-state index contributed by atoms with van der Waals surface area (Å²) in [6.07, 6.45) is 2.43. The number of fused-ring (bicyclic) bond motifs is 1. The highest BCUT2D eigenvalue weighted by molar-refractivity contribution is 7.18. The van der Waals surface area contributed by atoms with E-state index in [-0.39, 0.29) is 11.2 Å². The van der Waals surface area contributed by atoms with E-state index in [0.29, 0.717) is 16.8 Å². The van der Waals surface area contributed by atoms with Gasteiger partial charge in [0.2, 0.25) is 0 Å². The lowest BCUT2D eigenvalue weighted by Crippen LogP contribution is -2.38.